The second-order valence-corrected chi connectivity index (χ2v) is 8.77. The van der Waals surface area contributed by atoms with E-state index in [0.29, 0.717) is 17.4 Å². The number of nitro benzene ring substituents is 1. The summed E-state index contributed by atoms with van der Waals surface area (Å²) in [7, 11) is -4.62. The van der Waals surface area contributed by atoms with Gasteiger partial charge in [-0.05, 0) is 36.7 Å². The van der Waals surface area contributed by atoms with Gasteiger partial charge >= 0.3 is 10.1 Å². The highest BCUT2D eigenvalue weighted by Gasteiger charge is 2.38. The zero-order valence-corrected chi connectivity index (χ0v) is 15.1. The first-order chi connectivity index (χ1) is 11.9. The molecule has 138 valence electrons. The van der Waals surface area contributed by atoms with Crippen LogP contribution in [0.2, 0.25) is 0 Å². The van der Waals surface area contributed by atoms with Crippen molar-refractivity contribution in [3.8, 4) is 0 Å². The van der Waals surface area contributed by atoms with Crippen LogP contribution in [0, 0.1) is 22.0 Å². The summed E-state index contributed by atoms with van der Waals surface area (Å²) in [5.41, 5.74) is 0.0492. The molecule has 0 radical (unpaired) electrons. The van der Waals surface area contributed by atoms with Crippen LogP contribution in [0.15, 0.2) is 23.1 Å². The van der Waals surface area contributed by atoms with Crippen LogP contribution in [0.3, 0.4) is 0 Å². The Hall–Kier alpha value is -1.47. The zero-order valence-electron chi connectivity index (χ0n) is 14.3. The lowest BCUT2D eigenvalue weighted by atomic mass is 9.66. The van der Waals surface area contributed by atoms with Crippen LogP contribution < -0.4 is 0 Å². The third-order valence-corrected chi connectivity index (χ3v) is 6.85. The molecule has 0 saturated heterocycles. The largest absolute Gasteiger partial charge is 0.301 e. The van der Waals surface area contributed by atoms with E-state index in [1.54, 1.807) is 6.07 Å². The summed E-state index contributed by atoms with van der Waals surface area (Å²) >= 11 is 0. The van der Waals surface area contributed by atoms with Crippen LogP contribution in [0.5, 0.6) is 0 Å². The van der Waals surface area contributed by atoms with Crippen LogP contribution >= 0.6 is 0 Å². The smallest absolute Gasteiger partial charge is 0.282 e. The Labute approximate surface area is 148 Å². The van der Waals surface area contributed by atoms with Crippen molar-refractivity contribution in [1.82, 2.24) is 0 Å². The van der Waals surface area contributed by atoms with Gasteiger partial charge in [0.1, 0.15) is 0 Å². The fraction of sp³-hybridized carbons (Fsp3) is 0.667. The normalized spacial score (nSPS) is 25.6. The lowest BCUT2D eigenvalue weighted by Crippen LogP contribution is -2.28. The average molecular weight is 367 g/mol. The van der Waals surface area contributed by atoms with E-state index in [0.717, 1.165) is 44.6 Å². The van der Waals surface area contributed by atoms with E-state index in [9.17, 15) is 23.1 Å². The maximum atomic E-state index is 11.6. The van der Waals surface area contributed by atoms with Gasteiger partial charge in [-0.1, -0.05) is 57.1 Å². The lowest BCUT2D eigenvalue weighted by Gasteiger charge is -2.39. The van der Waals surface area contributed by atoms with Crippen molar-refractivity contribution in [3.05, 3.63) is 33.9 Å². The Morgan fingerprint density at radius 1 is 1.00 bits per heavy atom. The predicted molar refractivity (Wildman–Crippen MR) is 94.2 cm³/mol. The fourth-order valence-electron chi connectivity index (χ4n) is 4.91. The van der Waals surface area contributed by atoms with E-state index in [1.165, 1.54) is 25.3 Å². The van der Waals surface area contributed by atoms with Crippen LogP contribution in [0.1, 0.15) is 69.3 Å². The molecular weight excluding hydrogens is 342 g/mol. The van der Waals surface area contributed by atoms with Gasteiger partial charge in [-0.25, -0.2) is 0 Å². The van der Waals surface area contributed by atoms with Crippen LogP contribution in [0.25, 0.3) is 0 Å². The van der Waals surface area contributed by atoms with Crippen LogP contribution in [-0.2, 0) is 10.1 Å². The molecule has 0 heterocycles. The number of benzene rings is 1. The highest BCUT2D eigenvalue weighted by molar-refractivity contribution is 7.86. The molecule has 2 saturated carbocycles. The van der Waals surface area contributed by atoms with Gasteiger partial charge in [0.05, 0.1) is 4.92 Å². The molecule has 1 N–H and O–H groups in total. The van der Waals surface area contributed by atoms with Gasteiger partial charge in [0, 0.05) is 5.56 Å². The summed E-state index contributed by atoms with van der Waals surface area (Å²) in [5, 5.41) is 11.6. The topological polar surface area (TPSA) is 97.5 Å². The SMILES string of the molecule is O=[N+]([O-])c1c(C2CCCCC2C2CCCCC2)cccc1S(=O)(=O)O. The Balaban J connectivity index is 2.05. The van der Waals surface area contributed by atoms with Gasteiger partial charge < -0.3 is 0 Å². The van der Waals surface area contributed by atoms with Crippen molar-refractivity contribution in [1.29, 1.82) is 0 Å². The van der Waals surface area contributed by atoms with Gasteiger partial charge in [-0.2, -0.15) is 8.42 Å². The third kappa shape index (κ3) is 3.87. The van der Waals surface area contributed by atoms with E-state index in [4.69, 9.17) is 0 Å². The monoisotopic (exact) mass is 367 g/mol. The summed E-state index contributed by atoms with van der Waals surface area (Å²) in [6.45, 7) is 0. The molecule has 7 heteroatoms. The van der Waals surface area contributed by atoms with E-state index in [1.807, 2.05) is 0 Å². The van der Waals surface area contributed by atoms with Crippen molar-refractivity contribution in [2.75, 3.05) is 0 Å². The molecule has 2 atom stereocenters. The van der Waals surface area contributed by atoms with Gasteiger partial charge in [-0.15, -0.1) is 0 Å². The summed E-state index contributed by atoms with van der Waals surface area (Å²) in [6.07, 6.45) is 10.0. The second kappa shape index (κ2) is 7.41. The Kier molecular flexibility index (Phi) is 5.43. The molecule has 0 amide bonds. The Morgan fingerprint density at radius 2 is 1.64 bits per heavy atom. The van der Waals surface area contributed by atoms with Crippen molar-refractivity contribution in [2.45, 2.75) is 68.6 Å². The molecule has 6 nitrogen and oxygen atoms in total. The molecule has 2 fully saturated rings. The molecule has 0 spiro atoms. The van der Waals surface area contributed by atoms with Crippen LogP contribution in [0.4, 0.5) is 5.69 Å². The molecule has 25 heavy (non-hydrogen) atoms. The lowest BCUT2D eigenvalue weighted by molar-refractivity contribution is -0.388. The van der Waals surface area contributed by atoms with E-state index in [2.05, 4.69) is 0 Å². The summed E-state index contributed by atoms with van der Waals surface area (Å²) in [5.74, 6) is 0.927. The highest BCUT2D eigenvalue weighted by atomic mass is 32.2. The van der Waals surface area contributed by atoms with Crippen LogP contribution in [-0.4, -0.2) is 17.9 Å². The van der Waals surface area contributed by atoms with E-state index < -0.39 is 25.6 Å². The molecular formula is C18H25NO5S. The standard InChI is InChI=1S/C18H25NO5S/c20-19(21)18-16(11-6-12-17(18)25(22,23)24)15-10-5-4-9-14(15)13-7-2-1-3-8-13/h6,11-15H,1-5,7-10H2,(H,22,23,24). The first-order valence-corrected chi connectivity index (χ1v) is 10.6. The summed E-state index contributed by atoms with van der Waals surface area (Å²) in [6, 6.07) is 4.31. The van der Waals surface area contributed by atoms with Gasteiger partial charge in [0.15, 0.2) is 4.90 Å². The molecule has 2 aliphatic carbocycles. The van der Waals surface area contributed by atoms with Crippen molar-refractivity contribution in [3.63, 3.8) is 0 Å². The maximum absolute atomic E-state index is 11.6. The molecule has 1 aromatic carbocycles. The van der Waals surface area contributed by atoms with Gasteiger partial charge in [-0.3, -0.25) is 14.7 Å². The zero-order chi connectivity index (χ0) is 18.0. The molecule has 1 aromatic rings. The summed E-state index contributed by atoms with van der Waals surface area (Å²) in [4.78, 5) is 10.4. The van der Waals surface area contributed by atoms with Gasteiger partial charge in [0.25, 0.3) is 5.69 Å². The molecule has 2 aliphatic rings. The minimum absolute atomic E-state index is 0.000972. The molecule has 0 aliphatic heterocycles. The highest BCUT2D eigenvalue weighted by Crippen LogP contribution is 2.48. The fourth-order valence-corrected chi connectivity index (χ4v) is 5.60. The summed E-state index contributed by atoms with van der Waals surface area (Å²) < 4.78 is 32.7. The molecule has 3 rings (SSSR count). The first-order valence-electron chi connectivity index (χ1n) is 9.14. The first kappa shape index (κ1) is 18.3. The van der Waals surface area contributed by atoms with Crippen molar-refractivity contribution < 1.29 is 17.9 Å². The second-order valence-electron chi connectivity index (χ2n) is 7.38. The van der Waals surface area contributed by atoms with E-state index in [-0.39, 0.29) is 5.92 Å². The Bertz CT molecular complexity index is 740. The number of nitrogens with zero attached hydrogens (tertiary/aromatic N) is 1. The number of rotatable bonds is 4. The van der Waals surface area contributed by atoms with Gasteiger partial charge in [0.2, 0.25) is 0 Å². The molecule has 0 aromatic heterocycles. The number of nitro groups is 1. The third-order valence-electron chi connectivity index (χ3n) is 5.96. The predicted octanol–water partition coefficient (Wildman–Crippen LogP) is 4.70. The average Bonchev–Trinajstić information content (AvgIpc) is 2.61. The Morgan fingerprint density at radius 3 is 2.28 bits per heavy atom. The van der Waals surface area contributed by atoms with E-state index >= 15 is 0 Å². The van der Waals surface area contributed by atoms with Crippen molar-refractivity contribution >= 4 is 15.8 Å². The minimum Gasteiger partial charge on any atom is -0.282 e. The quantitative estimate of drug-likeness (QED) is 0.473. The number of hydrogen-bond acceptors (Lipinski definition) is 4. The number of hydrogen-bond donors (Lipinski definition) is 1. The molecule has 0 bridgehead atoms. The minimum atomic E-state index is -4.62. The molecule has 2 unspecified atom stereocenters. The van der Waals surface area contributed by atoms with Crippen molar-refractivity contribution in [2.24, 2.45) is 11.8 Å². The number of para-hydroxylation sites is 1. The maximum Gasteiger partial charge on any atom is 0.301 e.